The first-order chi connectivity index (χ1) is 6.93. The van der Waals surface area contributed by atoms with Gasteiger partial charge in [-0.3, -0.25) is 4.79 Å². The molecule has 0 heterocycles. The maximum absolute atomic E-state index is 10.5. The number of carboxylic acids is 1. The van der Waals surface area contributed by atoms with Crippen molar-refractivity contribution in [3.05, 3.63) is 23.8 Å². The van der Waals surface area contributed by atoms with E-state index in [0.29, 0.717) is 5.56 Å². The average molecular weight is 232 g/mol. The van der Waals surface area contributed by atoms with Crippen LogP contribution in [-0.2, 0) is 4.79 Å². The van der Waals surface area contributed by atoms with E-state index in [1.807, 2.05) is 0 Å². The van der Waals surface area contributed by atoms with Gasteiger partial charge >= 0.3 is 5.97 Å². The fourth-order valence-electron chi connectivity index (χ4n) is 1.04. The van der Waals surface area contributed by atoms with Gasteiger partial charge in [0, 0.05) is 0 Å². The fraction of sp³-hybridized carbons (Fsp3) is 0.222. The van der Waals surface area contributed by atoms with Crippen LogP contribution >= 0.6 is 11.6 Å². The summed E-state index contributed by atoms with van der Waals surface area (Å²) in [5.41, 5.74) is 5.64. The van der Waals surface area contributed by atoms with Gasteiger partial charge < -0.3 is 21.1 Å². The summed E-state index contributed by atoms with van der Waals surface area (Å²) < 4.78 is 0. The maximum Gasteiger partial charge on any atom is 0.322 e. The number of phenols is 2. The van der Waals surface area contributed by atoms with Crippen LogP contribution in [0.15, 0.2) is 18.2 Å². The lowest BCUT2D eigenvalue weighted by atomic mass is 10.1. The molecule has 0 spiro atoms. The van der Waals surface area contributed by atoms with Gasteiger partial charge in [0.15, 0.2) is 11.5 Å². The van der Waals surface area contributed by atoms with Gasteiger partial charge in [0.05, 0.1) is 5.38 Å². The molecule has 0 aliphatic carbocycles. The van der Waals surface area contributed by atoms with Crippen LogP contribution in [0.5, 0.6) is 11.5 Å². The highest BCUT2D eigenvalue weighted by atomic mass is 35.5. The number of aliphatic carboxylic acids is 1. The summed E-state index contributed by atoms with van der Waals surface area (Å²) in [4.78, 5) is 10.5. The van der Waals surface area contributed by atoms with E-state index in [1.165, 1.54) is 18.2 Å². The van der Waals surface area contributed by atoms with E-state index >= 15 is 0 Å². The number of halogens is 1. The van der Waals surface area contributed by atoms with Gasteiger partial charge in [0.2, 0.25) is 0 Å². The van der Waals surface area contributed by atoms with Crippen LogP contribution in [-0.4, -0.2) is 27.3 Å². The third kappa shape index (κ3) is 2.51. The number of hydrogen-bond donors (Lipinski definition) is 4. The zero-order valence-corrected chi connectivity index (χ0v) is 8.35. The van der Waals surface area contributed by atoms with Crippen molar-refractivity contribution in [1.82, 2.24) is 0 Å². The number of carboxylic acid groups (broad SMARTS) is 1. The molecule has 0 saturated heterocycles. The number of hydrogen-bond acceptors (Lipinski definition) is 4. The topological polar surface area (TPSA) is 104 Å². The van der Waals surface area contributed by atoms with Gasteiger partial charge in [0.25, 0.3) is 0 Å². The summed E-state index contributed by atoms with van der Waals surface area (Å²) in [5, 5.41) is 25.9. The standard InChI is InChI=1S/C9H10ClNO4/c10-7(8(11)9(14)15)4-1-2-5(12)6(13)3-4/h1-3,7-8,12-13H,11H2,(H,14,15). The van der Waals surface area contributed by atoms with E-state index in [9.17, 15) is 9.90 Å². The van der Waals surface area contributed by atoms with Crippen LogP contribution < -0.4 is 5.73 Å². The second kappa shape index (κ2) is 4.37. The smallest absolute Gasteiger partial charge is 0.322 e. The Morgan fingerprint density at radius 3 is 2.40 bits per heavy atom. The van der Waals surface area contributed by atoms with Gasteiger partial charge in [-0.25, -0.2) is 0 Å². The molecular formula is C9H10ClNO4. The third-order valence-electron chi connectivity index (χ3n) is 1.92. The van der Waals surface area contributed by atoms with Crippen LogP contribution in [0, 0.1) is 0 Å². The van der Waals surface area contributed by atoms with E-state index in [4.69, 9.17) is 27.5 Å². The number of aromatic hydroxyl groups is 2. The molecule has 2 atom stereocenters. The number of nitrogens with two attached hydrogens (primary N) is 1. The molecule has 5 N–H and O–H groups in total. The largest absolute Gasteiger partial charge is 0.504 e. The number of alkyl halides is 1. The number of rotatable bonds is 3. The Morgan fingerprint density at radius 1 is 1.33 bits per heavy atom. The van der Waals surface area contributed by atoms with E-state index in [0.717, 1.165) is 0 Å². The molecule has 0 saturated carbocycles. The SMILES string of the molecule is NC(C(=O)O)C(Cl)c1ccc(O)c(O)c1. The van der Waals surface area contributed by atoms with E-state index in [2.05, 4.69) is 0 Å². The highest BCUT2D eigenvalue weighted by molar-refractivity contribution is 6.22. The molecule has 0 aromatic heterocycles. The van der Waals surface area contributed by atoms with Crippen molar-refractivity contribution < 1.29 is 20.1 Å². The molecule has 0 radical (unpaired) electrons. The Morgan fingerprint density at radius 2 is 1.93 bits per heavy atom. The monoisotopic (exact) mass is 231 g/mol. The van der Waals surface area contributed by atoms with Crippen LogP contribution in [0.25, 0.3) is 0 Å². The second-order valence-corrected chi connectivity index (χ2v) is 3.48. The minimum atomic E-state index is -1.27. The zero-order chi connectivity index (χ0) is 11.6. The van der Waals surface area contributed by atoms with Crippen molar-refractivity contribution in [2.75, 3.05) is 0 Å². The molecule has 0 aliphatic rings. The van der Waals surface area contributed by atoms with E-state index < -0.39 is 17.4 Å². The Bertz CT molecular complexity index is 382. The van der Waals surface area contributed by atoms with Gasteiger partial charge in [-0.05, 0) is 17.7 Å². The summed E-state index contributed by atoms with van der Waals surface area (Å²) in [6.07, 6.45) is 0. The Balaban J connectivity index is 2.96. The molecule has 2 unspecified atom stereocenters. The molecular weight excluding hydrogens is 222 g/mol. The summed E-state index contributed by atoms with van der Waals surface area (Å²) in [6.45, 7) is 0. The molecule has 0 aliphatic heterocycles. The van der Waals surface area contributed by atoms with Crippen molar-refractivity contribution in [3.8, 4) is 11.5 Å². The normalized spacial score (nSPS) is 14.5. The van der Waals surface area contributed by atoms with Gasteiger partial charge in [-0.1, -0.05) is 6.07 Å². The van der Waals surface area contributed by atoms with Crippen molar-refractivity contribution >= 4 is 17.6 Å². The third-order valence-corrected chi connectivity index (χ3v) is 2.44. The lowest BCUT2D eigenvalue weighted by Gasteiger charge is -2.14. The first-order valence-electron chi connectivity index (χ1n) is 4.08. The minimum absolute atomic E-state index is 0.300. The van der Waals surface area contributed by atoms with Crippen LogP contribution in [0.2, 0.25) is 0 Å². The molecule has 0 fully saturated rings. The molecule has 15 heavy (non-hydrogen) atoms. The molecule has 82 valence electrons. The first-order valence-corrected chi connectivity index (χ1v) is 4.51. The predicted octanol–water partition coefficient (Wildman–Crippen LogP) is 0.790. The first kappa shape index (κ1) is 11.6. The second-order valence-electron chi connectivity index (χ2n) is 3.01. The Hall–Kier alpha value is -1.46. The molecule has 6 heteroatoms. The number of carbonyl (C=O) groups is 1. The van der Waals surface area contributed by atoms with E-state index in [1.54, 1.807) is 0 Å². The molecule has 5 nitrogen and oxygen atoms in total. The van der Waals surface area contributed by atoms with Gasteiger partial charge in [-0.15, -0.1) is 11.6 Å². The quantitative estimate of drug-likeness (QED) is 0.455. The summed E-state index contributed by atoms with van der Waals surface area (Å²) in [6, 6.07) is 2.52. The molecule has 1 aromatic carbocycles. The highest BCUT2D eigenvalue weighted by Crippen LogP contribution is 2.31. The Labute approximate surface area is 90.7 Å². The lowest BCUT2D eigenvalue weighted by Crippen LogP contribution is -2.34. The van der Waals surface area contributed by atoms with Crippen LogP contribution in [0.3, 0.4) is 0 Å². The molecule has 1 rings (SSSR count). The molecule has 1 aromatic rings. The summed E-state index contributed by atoms with van der Waals surface area (Å²) in [5.74, 6) is -1.90. The highest BCUT2D eigenvalue weighted by Gasteiger charge is 2.24. The van der Waals surface area contributed by atoms with Crippen LogP contribution in [0.1, 0.15) is 10.9 Å². The number of phenolic OH excluding ortho intramolecular Hbond substituents is 2. The van der Waals surface area contributed by atoms with Crippen molar-refractivity contribution in [2.45, 2.75) is 11.4 Å². The van der Waals surface area contributed by atoms with Crippen molar-refractivity contribution in [3.63, 3.8) is 0 Å². The summed E-state index contributed by atoms with van der Waals surface area (Å²) in [7, 11) is 0. The van der Waals surface area contributed by atoms with Gasteiger partial charge in [0.1, 0.15) is 6.04 Å². The van der Waals surface area contributed by atoms with Crippen molar-refractivity contribution in [1.29, 1.82) is 0 Å². The average Bonchev–Trinajstić information content (AvgIpc) is 2.19. The molecule has 0 bridgehead atoms. The van der Waals surface area contributed by atoms with E-state index in [-0.39, 0.29) is 11.5 Å². The maximum atomic E-state index is 10.5. The Kier molecular flexibility index (Phi) is 3.39. The minimum Gasteiger partial charge on any atom is -0.504 e. The predicted molar refractivity (Wildman–Crippen MR) is 54.0 cm³/mol. The number of benzene rings is 1. The van der Waals surface area contributed by atoms with Crippen molar-refractivity contribution in [2.24, 2.45) is 5.73 Å². The van der Waals surface area contributed by atoms with Crippen LogP contribution in [0.4, 0.5) is 0 Å². The molecule has 0 amide bonds. The zero-order valence-electron chi connectivity index (χ0n) is 7.59. The fourth-order valence-corrected chi connectivity index (χ4v) is 1.29. The lowest BCUT2D eigenvalue weighted by molar-refractivity contribution is -0.138. The van der Waals surface area contributed by atoms with Gasteiger partial charge in [-0.2, -0.15) is 0 Å². The summed E-state index contributed by atoms with van der Waals surface area (Å²) >= 11 is 5.78.